The Morgan fingerprint density at radius 3 is 2.45 bits per heavy atom. The number of nitrogens with one attached hydrogen (secondary N) is 1. The summed E-state index contributed by atoms with van der Waals surface area (Å²) >= 11 is 12.3. The third-order valence-corrected chi connectivity index (χ3v) is 6.33. The Kier molecular flexibility index (Phi) is 9.22. The normalized spacial score (nSPS) is 21.2. The van der Waals surface area contributed by atoms with E-state index in [0.717, 1.165) is 5.56 Å². The van der Waals surface area contributed by atoms with Crippen LogP contribution in [-0.2, 0) is 14.3 Å². The number of benzene rings is 1. The van der Waals surface area contributed by atoms with E-state index in [1.54, 1.807) is 18.2 Å². The van der Waals surface area contributed by atoms with Gasteiger partial charge in [0.25, 0.3) is 0 Å². The molecule has 3 amide bonds. The van der Waals surface area contributed by atoms with Crippen LogP contribution >= 0.6 is 23.2 Å². The van der Waals surface area contributed by atoms with E-state index in [2.05, 4.69) is 10.1 Å². The molecule has 184 valence electrons. The molecule has 1 aliphatic rings. The van der Waals surface area contributed by atoms with E-state index >= 15 is 0 Å². The second-order valence-electron chi connectivity index (χ2n) is 9.12. The quantitative estimate of drug-likeness (QED) is 0.593. The minimum Gasteiger partial charge on any atom is -0.468 e. The van der Waals surface area contributed by atoms with Crippen LogP contribution in [0.25, 0.3) is 0 Å². The van der Waals surface area contributed by atoms with Crippen molar-refractivity contribution in [1.82, 2.24) is 15.1 Å². The van der Waals surface area contributed by atoms with Crippen LogP contribution in [0, 0.1) is 5.41 Å². The first-order chi connectivity index (χ1) is 15.3. The number of carbonyl (C=O) groups excluding carboxylic acids is 2. The number of amides is 3. The maximum atomic E-state index is 12.5. The standard InChI is InChI=1S/C22H31Cl2N3O6/c1-22(2,3)18-11-27(21(30)31)10-14(13-6-7-15(23)16(24)8-13)17(33-18)9-25-20(29)26(4)12-19(28)32-5/h6-8,14,17-18H,9-12H2,1-5H3,(H,25,29)(H,30,31)/t14-,17+,18?/m0/s1. The molecule has 2 rings (SSSR count). The molecule has 11 heteroatoms. The lowest BCUT2D eigenvalue weighted by Gasteiger charge is -2.34. The highest BCUT2D eigenvalue weighted by atomic mass is 35.5. The Morgan fingerprint density at radius 1 is 1.24 bits per heavy atom. The average molecular weight is 504 g/mol. The van der Waals surface area contributed by atoms with Crippen LogP contribution in [0.4, 0.5) is 9.59 Å². The minimum absolute atomic E-state index is 0.0926. The molecule has 1 fully saturated rings. The van der Waals surface area contributed by atoms with Gasteiger partial charge in [-0.3, -0.25) is 4.79 Å². The lowest BCUT2D eigenvalue weighted by atomic mass is 9.88. The molecule has 0 aromatic heterocycles. The van der Waals surface area contributed by atoms with Crippen LogP contribution in [0.1, 0.15) is 32.3 Å². The van der Waals surface area contributed by atoms with Crippen molar-refractivity contribution in [3.05, 3.63) is 33.8 Å². The number of rotatable bonds is 5. The molecule has 1 heterocycles. The Hall–Kier alpha value is -2.23. The topological polar surface area (TPSA) is 108 Å². The zero-order valence-electron chi connectivity index (χ0n) is 19.4. The average Bonchev–Trinajstić information content (AvgIpc) is 2.94. The number of urea groups is 1. The number of nitrogens with zero attached hydrogens (tertiary/aromatic N) is 2. The maximum Gasteiger partial charge on any atom is 0.407 e. The largest absolute Gasteiger partial charge is 0.468 e. The highest BCUT2D eigenvalue weighted by Crippen LogP contribution is 2.35. The summed E-state index contributed by atoms with van der Waals surface area (Å²) in [6, 6.07) is 4.63. The van der Waals surface area contributed by atoms with E-state index < -0.39 is 36.2 Å². The molecule has 1 aromatic rings. The van der Waals surface area contributed by atoms with Gasteiger partial charge < -0.3 is 29.7 Å². The molecular weight excluding hydrogens is 473 g/mol. The fraction of sp³-hybridized carbons (Fsp3) is 0.591. The number of halogens is 2. The number of hydrogen-bond acceptors (Lipinski definition) is 5. The number of ether oxygens (including phenoxy) is 2. The van der Waals surface area contributed by atoms with Gasteiger partial charge in [0.15, 0.2) is 0 Å². The number of methoxy groups -OCH3 is 1. The van der Waals surface area contributed by atoms with Gasteiger partial charge in [0, 0.05) is 26.1 Å². The summed E-state index contributed by atoms with van der Waals surface area (Å²) in [7, 11) is 2.72. The van der Waals surface area contributed by atoms with E-state index in [0.29, 0.717) is 10.0 Å². The molecule has 1 unspecified atom stereocenters. The minimum atomic E-state index is -1.06. The predicted octanol–water partition coefficient (Wildman–Crippen LogP) is 3.68. The highest BCUT2D eigenvalue weighted by Gasteiger charge is 2.40. The van der Waals surface area contributed by atoms with Crippen molar-refractivity contribution in [2.75, 3.05) is 40.3 Å². The smallest absolute Gasteiger partial charge is 0.407 e. The molecule has 2 N–H and O–H groups in total. The lowest BCUT2D eigenvalue weighted by molar-refractivity contribution is -0.141. The van der Waals surface area contributed by atoms with Gasteiger partial charge in [-0.05, 0) is 23.1 Å². The highest BCUT2D eigenvalue weighted by molar-refractivity contribution is 6.42. The monoisotopic (exact) mass is 503 g/mol. The summed E-state index contributed by atoms with van der Waals surface area (Å²) in [5, 5.41) is 13.3. The third-order valence-electron chi connectivity index (χ3n) is 5.59. The van der Waals surface area contributed by atoms with Crippen molar-refractivity contribution in [2.45, 2.75) is 38.9 Å². The molecule has 0 radical (unpaired) electrons. The number of carboxylic acid groups (broad SMARTS) is 1. The maximum absolute atomic E-state index is 12.5. The first kappa shape index (κ1) is 27.0. The lowest BCUT2D eigenvalue weighted by Crippen LogP contribution is -2.46. The molecule has 1 saturated heterocycles. The Balaban J connectivity index is 2.34. The van der Waals surface area contributed by atoms with Crippen LogP contribution in [-0.4, -0.2) is 85.5 Å². The summed E-state index contributed by atoms with van der Waals surface area (Å²) in [6.45, 7) is 6.13. The number of esters is 1. The molecule has 0 aliphatic carbocycles. The van der Waals surface area contributed by atoms with Crippen molar-refractivity contribution in [1.29, 1.82) is 0 Å². The predicted molar refractivity (Wildman–Crippen MR) is 125 cm³/mol. The van der Waals surface area contributed by atoms with E-state index in [9.17, 15) is 19.5 Å². The van der Waals surface area contributed by atoms with Crippen LogP contribution in [0.3, 0.4) is 0 Å². The van der Waals surface area contributed by atoms with Gasteiger partial charge in [-0.1, -0.05) is 50.0 Å². The molecular formula is C22H31Cl2N3O6. The summed E-state index contributed by atoms with van der Waals surface area (Å²) in [5.41, 5.74) is 0.386. The third kappa shape index (κ3) is 7.38. The Labute approximate surface area is 203 Å². The zero-order valence-corrected chi connectivity index (χ0v) is 20.9. The molecule has 0 spiro atoms. The summed E-state index contributed by atoms with van der Waals surface area (Å²) < 4.78 is 11.0. The van der Waals surface area contributed by atoms with E-state index in [1.165, 1.54) is 24.0 Å². The van der Waals surface area contributed by atoms with Crippen molar-refractivity contribution in [2.24, 2.45) is 5.41 Å². The van der Waals surface area contributed by atoms with Crippen molar-refractivity contribution in [3.8, 4) is 0 Å². The SMILES string of the molecule is COC(=O)CN(C)C(=O)NC[C@H]1OC(C(C)(C)C)CN(C(=O)O)C[C@H]1c1ccc(Cl)c(Cl)c1. The van der Waals surface area contributed by atoms with E-state index in [1.807, 2.05) is 20.8 Å². The molecule has 1 aromatic carbocycles. The second kappa shape index (κ2) is 11.3. The summed E-state index contributed by atoms with van der Waals surface area (Å²) in [6.07, 6.45) is -2.04. The summed E-state index contributed by atoms with van der Waals surface area (Å²) in [4.78, 5) is 38.5. The first-order valence-electron chi connectivity index (χ1n) is 10.5. The molecule has 1 aliphatic heterocycles. The Morgan fingerprint density at radius 2 is 1.91 bits per heavy atom. The number of hydrogen-bond donors (Lipinski definition) is 2. The molecule has 0 saturated carbocycles. The fourth-order valence-electron chi connectivity index (χ4n) is 3.52. The van der Waals surface area contributed by atoms with Gasteiger partial charge in [-0.15, -0.1) is 0 Å². The van der Waals surface area contributed by atoms with Crippen LogP contribution in [0.15, 0.2) is 18.2 Å². The number of carbonyl (C=O) groups is 3. The van der Waals surface area contributed by atoms with Gasteiger partial charge in [0.1, 0.15) is 6.54 Å². The molecule has 33 heavy (non-hydrogen) atoms. The van der Waals surface area contributed by atoms with Crippen molar-refractivity contribution in [3.63, 3.8) is 0 Å². The van der Waals surface area contributed by atoms with Crippen molar-refractivity contribution >= 4 is 41.3 Å². The van der Waals surface area contributed by atoms with Gasteiger partial charge in [0.05, 0.1) is 35.9 Å². The van der Waals surface area contributed by atoms with Gasteiger partial charge in [0.2, 0.25) is 0 Å². The van der Waals surface area contributed by atoms with Crippen LogP contribution in [0.2, 0.25) is 10.0 Å². The Bertz CT molecular complexity index is 876. The van der Waals surface area contributed by atoms with Crippen molar-refractivity contribution < 1.29 is 29.0 Å². The molecule has 3 atom stereocenters. The number of likely N-dealkylation sites (N-methyl/N-ethyl adjacent to an activating group) is 1. The molecule has 0 bridgehead atoms. The fourth-order valence-corrected chi connectivity index (χ4v) is 3.83. The van der Waals surface area contributed by atoms with E-state index in [4.69, 9.17) is 27.9 Å². The first-order valence-corrected chi connectivity index (χ1v) is 11.2. The zero-order chi connectivity index (χ0) is 24.9. The second-order valence-corrected chi connectivity index (χ2v) is 9.93. The van der Waals surface area contributed by atoms with Crippen LogP contribution < -0.4 is 5.32 Å². The summed E-state index contributed by atoms with van der Waals surface area (Å²) in [5.74, 6) is -0.966. The van der Waals surface area contributed by atoms with Gasteiger partial charge in [-0.25, -0.2) is 9.59 Å². The van der Waals surface area contributed by atoms with Gasteiger partial charge in [-0.2, -0.15) is 0 Å². The van der Waals surface area contributed by atoms with Crippen LogP contribution in [0.5, 0.6) is 0 Å². The molecule has 9 nitrogen and oxygen atoms in total. The van der Waals surface area contributed by atoms with E-state index in [-0.39, 0.29) is 31.6 Å². The van der Waals surface area contributed by atoms with Gasteiger partial charge >= 0.3 is 18.1 Å².